The van der Waals surface area contributed by atoms with E-state index in [0.29, 0.717) is 0 Å². The van der Waals surface area contributed by atoms with Gasteiger partial charge in [-0.25, -0.2) is 0 Å². The van der Waals surface area contributed by atoms with Gasteiger partial charge in [0.2, 0.25) is 0 Å². The van der Waals surface area contributed by atoms with Crippen LogP contribution in [0.4, 0.5) is 0 Å². The molecule has 2 fully saturated rings. The van der Waals surface area contributed by atoms with E-state index in [0.717, 1.165) is 50.3 Å². The second-order valence-electron chi connectivity index (χ2n) is 6.04. The second-order valence-corrected chi connectivity index (χ2v) is 6.04. The molecule has 0 bridgehead atoms. The maximum absolute atomic E-state index is 11.1. The molecular weight excluding hydrogens is 252 g/mol. The summed E-state index contributed by atoms with van der Waals surface area (Å²) in [7, 11) is 0. The molecule has 1 aliphatic carbocycles. The molecule has 1 unspecified atom stereocenters. The summed E-state index contributed by atoms with van der Waals surface area (Å²) in [6.07, 6.45) is 7.73. The van der Waals surface area contributed by atoms with Crippen LogP contribution < -0.4 is 0 Å². The van der Waals surface area contributed by atoms with E-state index < -0.39 is 6.10 Å². The number of pyridine rings is 1. The minimum Gasteiger partial charge on any atom is -0.386 e. The molecule has 20 heavy (non-hydrogen) atoms. The Labute approximate surface area is 120 Å². The Hall–Kier alpha value is -0.970. The van der Waals surface area contributed by atoms with Gasteiger partial charge in [-0.3, -0.25) is 9.88 Å². The third kappa shape index (κ3) is 2.36. The molecule has 0 amide bonds. The summed E-state index contributed by atoms with van der Waals surface area (Å²) in [5.74, 6) is 0. The van der Waals surface area contributed by atoms with Crippen molar-refractivity contribution in [1.82, 2.24) is 9.88 Å². The van der Waals surface area contributed by atoms with Gasteiger partial charge in [0.15, 0.2) is 0 Å². The molecule has 1 aromatic rings. The Bertz CT molecular complexity index is 452. The predicted octanol–water partition coefficient (Wildman–Crippen LogP) is 2.07. The van der Waals surface area contributed by atoms with Crippen molar-refractivity contribution in [2.45, 2.75) is 44.2 Å². The summed E-state index contributed by atoms with van der Waals surface area (Å²) in [4.78, 5) is 6.67. The summed E-state index contributed by atoms with van der Waals surface area (Å²) in [6, 6.07) is 1.99. The van der Waals surface area contributed by atoms with Crippen molar-refractivity contribution in [1.29, 1.82) is 0 Å². The van der Waals surface area contributed by atoms with Crippen LogP contribution in [0.25, 0.3) is 0 Å². The van der Waals surface area contributed by atoms with Crippen LogP contribution in [0.1, 0.15) is 42.9 Å². The molecule has 110 valence electrons. The molecular formula is C16H24N2O2. The minimum absolute atomic E-state index is 0.114. The van der Waals surface area contributed by atoms with E-state index in [4.69, 9.17) is 4.74 Å². The molecule has 1 saturated carbocycles. The lowest BCUT2D eigenvalue weighted by molar-refractivity contribution is -0.0777. The largest absolute Gasteiger partial charge is 0.386 e. The molecule has 1 aliphatic heterocycles. The summed E-state index contributed by atoms with van der Waals surface area (Å²) < 4.78 is 5.48. The average molecular weight is 276 g/mol. The van der Waals surface area contributed by atoms with Gasteiger partial charge in [0, 0.05) is 31.0 Å². The Morgan fingerprint density at radius 1 is 1.30 bits per heavy atom. The number of morpholine rings is 1. The Morgan fingerprint density at radius 2 is 2.00 bits per heavy atom. The first-order valence-corrected chi connectivity index (χ1v) is 7.65. The van der Waals surface area contributed by atoms with Gasteiger partial charge >= 0.3 is 0 Å². The maximum Gasteiger partial charge on any atom is 0.0991 e. The zero-order valence-corrected chi connectivity index (χ0v) is 12.2. The SMILES string of the molecule is Cc1ccncc1C(O)C1(N2CCOCC2)CCCC1. The zero-order chi connectivity index (χ0) is 14.0. The number of ether oxygens (including phenoxy) is 1. The normalized spacial score (nSPS) is 24.7. The Balaban J connectivity index is 1.91. The minimum atomic E-state index is -0.447. The molecule has 4 heteroatoms. The van der Waals surface area contributed by atoms with Crippen molar-refractivity contribution in [2.24, 2.45) is 0 Å². The van der Waals surface area contributed by atoms with Gasteiger partial charge in [0.05, 0.1) is 24.9 Å². The van der Waals surface area contributed by atoms with Crippen LogP contribution in [0.3, 0.4) is 0 Å². The van der Waals surface area contributed by atoms with Crippen molar-refractivity contribution in [3.05, 3.63) is 29.6 Å². The van der Waals surface area contributed by atoms with Crippen LogP contribution in [0.2, 0.25) is 0 Å². The number of nitrogens with zero attached hydrogens (tertiary/aromatic N) is 2. The fourth-order valence-electron chi connectivity index (χ4n) is 3.81. The molecule has 0 aromatic carbocycles. The van der Waals surface area contributed by atoms with E-state index in [2.05, 4.69) is 16.8 Å². The number of aryl methyl sites for hydroxylation is 1. The Morgan fingerprint density at radius 3 is 2.65 bits per heavy atom. The Kier molecular flexibility index (Phi) is 4.06. The molecule has 0 spiro atoms. The van der Waals surface area contributed by atoms with E-state index >= 15 is 0 Å². The summed E-state index contributed by atoms with van der Waals surface area (Å²) in [5.41, 5.74) is 2.00. The first kappa shape index (κ1) is 14.0. The van der Waals surface area contributed by atoms with Crippen LogP contribution in [0, 0.1) is 6.92 Å². The van der Waals surface area contributed by atoms with Crippen LogP contribution in [-0.4, -0.2) is 46.8 Å². The van der Waals surface area contributed by atoms with E-state index in [1.54, 1.807) is 6.20 Å². The van der Waals surface area contributed by atoms with Crippen molar-refractivity contribution in [3.8, 4) is 0 Å². The molecule has 2 aliphatic rings. The predicted molar refractivity (Wildman–Crippen MR) is 77.5 cm³/mol. The van der Waals surface area contributed by atoms with Gasteiger partial charge in [-0.05, 0) is 31.4 Å². The quantitative estimate of drug-likeness (QED) is 0.918. The van der Waals surface area contributed by atoms with E-state index in [9.17, 15) is 5.11 Å². The highest BCUT2D eigenvalue weighted by Crippen LogP contribution is 2.45. The topological polar surface area (TPSA) is 45.6 Å². The van der Waals surface area contributed by atoms with Gasteiger partial charge in [0.1, 0.15) is 0 Å². The monoisotopic (exact) mass is 276 g/mol. The smallest absolute Gasteiger partial charge is 0.0991 e. The lowest BCUT2D eigenvalue weighted by Gasteiger charge is -2.46. The average Bonchev–Trinajstić information content (AvgIpc) is 2.99. The highest BCUT2D eigenvalue weighted by molar-refractivity contribution is 5.27. The van der Waals surface area contributed by atoms with Crippen LogP contribution in [0.5, 0.6) is 0 Å². The third-order valence-electron chi connectivity index (χ3n) is 4.99. The van der Waals surface area contributed by atoms with Crippen LogP contribution in [0.15, 0.2) is 18.5 Å². The van der Waals surface area contributed by atoms with Gasteiger partial charge in [-0.2, -0.15) is 0 Å². The summed E-state index contributed by atoms with van der Waals surface area (Å²) in [5, 5.41) is 11.1. The van der Waals surface area contributed by atoms with Crippen molar-refractivity contribution < 1.29 is 9.84 Å². The number of aliphatic hydroxyl groups excluding tert-OH is 1. The summed E-state index contributed by atoms with van der Waals surface area (Å²) >= 11 is 0. The lowest BCUT2D eigenvalue weighted by atomic mass is 9.83. The van der Waals surface area contributed by atoms with Crippen LogP contribution in [-0.2, 0) is 4.74 Å². The maximum atomic E-state index is 11.1. The molecule has 4 nitrogen and oxygen atoms in total. The number of aromatic nitrogens is 1. The van der Waals surface area contributed by atoms with Crippen molar-refractivity contribution >= 4 is 0 Å². The molecule has 1 aromatic heterocycles. The molecule has 1 atom stereocenters. The van der Waals surface area contributed by atoms with Gasteiger partial charge < -0.3 is 9.84 Å². The zero-order valence-electron chi connectivity index (χ0n) is 12.2. The van der Waals surface area contributed by atoms with Crippen LogP contribution >= 0.6 is 0 Å². The van der Waals surface area contributed by atoms with E-state index in [1.165, 1.54) is 12.8 Å². The van der Waals surface area contributed by atoms with Crippen molar-refractivity contribution in [2.75, 3.05) is 26.3 Å². The fourth-order valence-corrected chi connectivity index (χ4v) is 3.81. The number of aliphatic hydroxyl groups is 1. The highest BCUT2D eigenvalue weighted by Gasteiger charge is 2.46. The second kappa shape index (κ2) is 5.80. The fraction of sp³-hybridized carbons (Fsp3) is 0.688. The van der Waals surface area contributed by atoms with Gasteiger partial charge in [-0.1, -0.05) is 12.8 Å². The number of hydrogen-bond acceptors (Lipinski definition) is 4. The highest BCUT2D eigenvalue weighted by atomic mass is 16.5. The van der Waals surface area contributed by atoms with E-state index in [-0.39, 0.29) is 5.54 Å². The van der Waals surface area contributed by atoms with Crippen molar-refractivity contribution in [3.63, 3.8) is 0 Å². The number of rotatable bonds is 3. The molecule has 2 heterocycles. The van der Waals surface area contributed by atoms with Gasteiger partial charge in [0.25, 0.3) is 0 Å². The standard InChI is InChI=1S/C16H24N2O2/c1-13-4-7-17-12-14(13)15(19)16(5-2-3-6-16)18-8-10-20-11-9-18/h4,7,12,15,19H,2-3,5-6,8-11H2,1H3. The molecule has 0 radical (unpaired) electrons. The number of hydrogen-bond donors (Lipinski definition) is 1. The summed E-state index contributed by atoms with van der Waals surface area (Å²) in [6.45, 7) is 5.47. The first-order valence-electron chi connectivity index (χ1n) is 7.65. The third-order valence-corrected chi connectivity index (χ3v) is 4.99. The molecule has 1 N–H and O–H groups in total. The van der Waals surface area contributed by atoms with E-state index in [1.807, 2.05) is 12.3 Å². The van der Waals surface area contributed by atoms with Gasteiger partial charge in [-0.15, -0.1) is 0 Å². The first-order chi connectivity index (χ1) is 9.74. The molecule has 3 rings (SSSR count). The lowest BCUT2D eigenvalue weighted by Crippen LogP contribution is -2.55. The molecule has 1 saturated heterocycles.